The number of piperidine rings is 1. The number of hydrogen-bond donors (Lipinski definition) is 0. The van der Waals surface area contributed by atoms with Crippen LogP contribution in [0.3, 0.4) is 0 Å². The van der Waals surface area contributed by atoms with Crippen molar-refractivity contribution in [3.63, 3.8) is 0 Å². The number of allylic oxidation sites excluding steroid dienone is 1. The molecule has 1 atom stereocenters. The summed E-state index contributed by atoms with van der Waals surface area (Å²) in [5, 5.41) is 0. The Balaban J connectivity index is 1.29. The number of fused-ring (bicyclic) bond motifs is 1. The summed E-state index contributed by atoms with van der Waals surface area (Å²) in [7, 11) is 2.05. The highest BCUT2D eigenvalue weighted by molar-refractivity contribution is 5.94. The summed E-state index contributed by atoms with van der Waals surface area (Å²) in [4.78, 5) is 34.3. The van der Waals surface area contributed by atoms with Crippen LogP contribution < -0.4 is 4.90 Å². The number of likely N-dealkylation sites (N-methyl/N-ethyl adjacent to an activating group) is 1. The number of amides is 1. The van der Waals surface area contributed by atoms with Gasteiger partial charge in [0.15, 0.2) is 5.78 Å². The molecule has 174 valence electrons. The molecule has 3 aliphatic rings. The Hall–Kier alpha value is -2.18. The molecule has 0 radical (unpaired) electrons. The van der Waals surface area contributed by atoms with Crippen molar-refractivity contribution < 1.29 is 9.59 Å². The summed E-state index contributed by atoms with van der Waals surface area (Å²) >= 11 is 0. The van der Waals surface area contributed by atoms with E-state index in [-0.39, 0.29) is 17.1 Å². The van der Waals surface area contributed by atoms with Crippen LogP contribution >= 0.6 is 0 Å². The predicted molar refractivity (Wildman–Crippen MR) is 129 cm³/mol. The Labute approximate surface area is 192 Å². The summed E-state index contributed by atoms with van der Waals surface area (Å²) in [5.41, 5.74) is 3.33. The number of benzene rings is 1. The fraction of sp³-hybridized carbons (Fsp3) is 0.615. The molecule has 0 N–H and O–H groups in total. The zero-order valence-corrected chi connectivity index (χ0v) is 20.1. The summed E-state index contributed by atoms with van der Waals surface area (Å²) in [5.74, 6) is 0.414. The Morgan fingerprint density at radius 2 is 1.66 bits per heavy atom. The van der Waals surface area contributed by atoms with E-state index >= 15 is 0 Å². The van der Waals surface area contributed by atoms with E-state index < -0.39 is 0 Å². The van der Waals surface area contributed by atoms with Crippen LogP contribution in [0.5, 0.6) is 0 Å². The van der Waals surface area contributed by atoms with Gasteiger partial charge < -0.3 is 9.80 Å². The number of anilines is 1. The van der Waals surface area contributed by atoms with Gasteiger partial charge in [-0.25, -0.2) is 0 Å². The average molecular weight is 439 g/mol. The zero-order valence-electron chi connectivity index (χ0n) is 20.1. The molecule has 1 amide bonds. The number of likely N-dealkylation sites (tertiary alicyclic amines) is 1. The molecule has 1 aromatic carbocycles. The monoisotopic (exact) mass is 438 g/mol. The summed E-state index contributed by atoms with van der Waals surface area (Å²) in [6, 6.07) is 8.75. The van der Waals surface area contributed by atoms with Crippen LogP contribution in [-0.4, -0.2) is 85.3 Å². The van der Waals surface area contributed by atoms with E-state index in [1.54, 1.807) is 0 Å². The minimum absolute atomic E-state index is 0.152. The van der Waals surface area contributed by atoms with Gasteiger partial charge in [0.25, 0.3) is 0 Å². The van der Waals surface area contributed by atoms with Crippen LogP contribution in [0, 0.1) is 0 Å². The normalized spacial score (nSPS) is 25.2. The lowest BCUT2D eigenvalue weighted by Crippen LogP contribution is -2.52. The van der Waals surface area contributed by atoms with Gasteiger partial charge in [-0.3, -0.25) is 19.4 Å². The summed E-state index contributed by atoms with van der Waals surface area (Å²) in [6.07, 6.45) is 5.31. The van der Waals surface area contributed by atoms with Crippen molar-refractivity contribution in [1.82, 2.24) is 14.7 Å². The molecule has 2 saturated heterocycles. The molecular weight excluding hydrogens is 400 g/mol. The first-order valence-corrected chi connectivity index (χ1v) is 12.1. The third kappa shape index (κ3) is 4.62. The molecule has 0 saturated carbocycles. The Morgan fingerprint density at radius 3 is 2.31 bits per heavy atom. The van der Waals surface area contributed by atoms with Gasteiger partial charge in [-0.05, 0) is 37.8 Å². The molecular formula is C26H38N4O2. The quantitative estimate of drug-likeness (QED) is 0.662. The molecule has 2 fully saturated rings. The molecule has 1 unspecified atom stereocenters. The molecule has 32 heavy (non-hydrogen) atoms. The van der Waals surface area contributed by atoms with Gasteiger partial charge in [0, 0.05) is 68.7 Å². The van der Waals surface area contributed by atoms with Gasteiger partial charge in [-0.2, -0.15) is 0 Å². The predicted octanol–water partition coefficient (Wildman–Crippen LogP) is 2.89. The first-order chi connectivity index (χ1) is 15.3. The van der Waals surface area contributed by atoms with E-state index in [0.29, 0.717) is 19.1 Å². The maximum absolute atomic E-state index is 12.9. The van der Waals surface area contributed by atoms with E-state index in [9.17, 15) is 9.59 Å². The van der Waals surface area contributed by atoms with Crippen molar-refractivity contribution in [2.45, 2.75) is 51.5 Å². The average Bonchev–Trinajstić information content (AvgIpc) is 2.96. The Kier molecular flexibility index (Phi) is 6.72. The number of ketones is 1. The van der Waals surface area contributed by atoms with E-state index in [0.717, 1.165) is 51.3 Å². The van der Waals surface area contributed by atoms with Gasteiger partial charge in [0.05, 0.1) is 13.1 Å². The molecule has 3 heterocycles. The van der Waals surface area contributed by atoms with Crippen molar-refractivity contribution in [3.8, 4) is 0 Å². The second kappa shape index (κ2) is 9.36. The summed E-state index contributed by atoms with van der Waals surface area (Å²) < 4.78 is 0. The zero-order chi connectivity index (χ0) is 22.9. The van der Waals surface area contributed by atoms with Crippen LogP contribution in [0.25, 0.3) is 0 Å². The van der Waals surface area contributed by atoms with Crippen LogP contribution in [0.1, 0.15) is 45.6 Å². The standard InChI is InChI=1S/C26H38N4O2/c1-20-9-7-8-12-30(20)25(32)19-29-15-13-28(14-16-29)18-21(31)17-24-26(2,3)22-10-5-6-11-23(22)27(24)4/h5-6,10-11,17,20H,7-9,12-16,18-19H2,1-4H3/b24-17+. The second-order valence-electron chi connectivity index (χ2n) is 10.2. The molecule has 3 aliphatic heterocycles. The Morgan fingerprint density at radius 1 is 1.00 bits per heavy atom. The number of piperazine rings is 1. The van der Waals surface area contributed by atoms with Crippen LogP contribution in [0.4, 0.5) is 5.69 Å². The largest absolute Gasteiger partial charge is 0.347 e. The number of carbonyl (C=O) groups excluding carboxylic acids is 2. The van der Waals surface area contributed by atoms with Crippen molar-refractivity contribution in [2.75, 3.05) is 57.8 Å². The maximum atomic E-state index is 12.9. The van der Waals surface area contributed by atoms with Crippen molar-refractivity contribution in [2.24, 2.45) is 0 Å². The number of hydrogen-bond acceptors (Lipinski definition) is 5. The van der Waals surface area contributed by atoms with Gasteiger partial charge in [0.1, 0.15) is 0 Å². The van der Waals surface area contributed by atoms with Crippen molar-refractivity contribution in [1.29, 1.82) is 0 Å². The molecule has 4 rings (SSSR count). The minimum Gasteiger partial charge on any atom is -0.347 e. The van der Waals surface area contributed by atoms with E-state index in [1.165, 1.54) is 17.7 Å². The third-order valence-corrected chi connectivity index (χ3v) is 7.56. The van der Waals surface area contributed by atoms with E-state index in [4.69, 9.17) is 0 Å². The lowest BCUT2D eigenvalue weighted by molar-refractivity contribution is -0.136. The fourth-order valence-corrected chi connectivity index (χ4v) is 5.53. The number of carbonyl (C=O) groups is 2. The molecule has 0 bridgehead atoms. The van der Waals surface area contributed by atoms with Crippen LogP contribution in [0.15, 0.2) is 36.0 Å². The molecule has 1 aromatic rings. The van der Waals surface area contributed by atoms with Gasteiger partial charge in [-0.15, -0.1) is 0 Å². The number of nitrogens with zero attached hydrogens (tertiary/aromatic N) is 4. The van der Waals surface area contributed by atoms with Crippen molar-refractivity contribution in [3.05, 3.63) is 41.6 Å². The van der Waals surface area contributed by atoms with Gasteiger partial charge in [0.2, 0.25) is 5.91 Å². The third-order valence-electron chi connectivity index (χ3n) is 7.56. The fourth-order valence-electron chi connectivity index (χ4n) is 5.53. The van der Waals surface area contributed by atoms with Crippen LogP contribution in [-0.2, 0) is 15.0 Å². The number of rotatable bonds is 5. The molecule has 0 aliphatic carbocycles. The van der Waals surface area contributed by atoms with E-state index in [2.05, 4.69) is 58.6 Å². The van der Waals surface area contributed by atoms with Gasteiger partial charge in [-0.1, -0.05) is 32.0 Å². The van der Waals surface area contributed by atoms with Crippen LogP contribution in [0.2, 0.25) is 0 Å². The minimum atomic E-state index is -0.175. The molecule has 6 nitrogen and oxygen atoms in total. The SMILES string of the molecule is CC1CCCCN1C(=O)CN1CCN(CC(=O)/C=C2/N(C)c3ccccc3C2(C)C)CC1. The van der Waals surface area contributed by atoms with Crippen molar-refractivity contribution >= 4 is 17.4 Å². The topological polar surface area (TPSA) is 47.1 Å². The second-order valence-corrected chi connectivity index (χ2v) is 10.2. The Bertz CT molecular complexity index is 886. The number of para-hydroxylation sites is 1. The highest BCUT2D eigenvalue weighted by Crippen LogP contribution is 2.46. The maximum Gasteiger partial charge on any atom is 0.236 e. The molecule has 0 aromatic heterocycles. The molecule has 0 spiro atoms. The first-order valence-electron chi connectivity index (χ1n) is 12.1. The highest BCUT2D eigenvalue weighted by Gasteiger charge is 2.38. The first kappa shape index (κ1) is 23.0. The lowest BCUT2D eigenvalue weighted by Gasteiger charge is -2.37. The van der Waals surface area contributed by atoms with E-state index in [1.807, 2.05) is 19.2 Å². The smallest absolute Gasteiger partial charge is 0.236 e. The highest BCUT2D eigenvalue weighted by atomic mass is 16.2. The summed E-state index contributed by atoms with van der Waals surface area (Å²) in [6.45, 7) is 11.7. The van der Waals surface area contributed by atoms with Gasteiger partial charge >= 0.3 is 0 Å². The lowest BCUT2D eigenvalue weighted by atomic mass is 9.83. The molecule has 6 heteroatoms.